The Morgan fingerprint density at radius 2 is 1.81 bits per heavy atom. The number of aromatic nitrogens is 2. The van der Waals surface area contributed by atoms with Crippen molar-refractivity contribution in [3.63, 3.8) is 0 Å². The fraction of sp³-hybridized carbons (Fsp3) is 0.125. The summed E-state index contributed by atoms with van der Waals surface area (Å²) >= 11 is 6.22. The summed E-state index contributed by atoms with van der Waals surface area (Å²) in [5, 5.41) is 1.36. The lowest BCUT2D eigenvalue weighted by molar-refractivity contribution is 0.100. The van der Waals surface area contributed by atoms with Gasteiger partial charge in [0.1, 0.15) is 5.69 Å². The number of aryl methyl sites for hydroxylation is 2. The third kappa shape index (κ3) is 2.50. The molecule has 0 aliphatic heterocycles. The lowest BCUT2D eigenvalue weighted by atomic mass is 10.2. The number of hydrogen-bond acceptors (Lipinski definition) is 2. The van der Waals surface area contributed by atoms with Crippen molar-refractivity contribution in [1.29, 1.82) is 0 Å². The van der Waals surface area contributed by atoms with E-state index in [1.807, 2.05) is 50.2 Å². The third-order valence-electron chi connectivity index (χ3n) is 3.38. The van der Waals surface area contributed by atoms with Crippen LogP contribution < -0.4 is 5.43 Å². The Bertz CT molecular complexity index is 819. The lowest BCUT2D eigenvalue weighted by Crippen LogP contribution is -2.25. The number of pyridine rings is 1. The van der Waals surface area contributed by atoms with E-state index in [4.69, 9.17) is 11.6 Å². The lowest BCUT2D eigenvalue weighted by Gasteiger charge is -2.11. The van der Waals surface area contributed by atoms with Gasteiger partial charge in [0.25, 0.3) is 5.91 Å². The van der Waals surface area contributed by atoms with E-state index in [0.717, 1.165) is 16.8 Å². The zero-order valence-corrected chi connectivity index (χ0v) is 12.5. The first-order chi connectivity index (χ1) is 10.1. The smallest absolute Gasteiger partial charge is 0.266 e. The number of halogens is 1. The normalized spacial score (nSPS) is 10.8. The van der Waals surface area contributed by atoms with E-state index in [1.165, 1.54) is 0 Å². The number of carbonyl (C=O) groups is 1. The Morgan fingerprint density at radius 3 is 2.52 bits per heavy atom. The third-order valence-corrected chi connectivity index (χ3v) is 3.70. The summed E-state index contributed by atoms with van der Waals surface area (Å²) in [5.41, 5.74) is 5.73. The van der Waals surface area contributed by atoms with Gasteiger partial charge < -0.3 is 0 Å². The summed E-state index contributed by atoms with van der Waals surface area (Å²) in [7, 11) is 0. The number of hydrogen-bond donors (Lipinski definition) is 1. The topological polar surface area (TPSA) is 46.9 Å². The van der Waals surface area contributed by atoms with Crippen molar-refractivity contribution in [1.82, 2.24) is 9.66 Å². The van der Waals surface area contributed by atoms with Gasteiger partial charge in [-0.15, -0.1) is 0 Å². The molecular weight excluding hydrogens is 286 g/mol. The van der Waals surface area contributed by atoms with Crippen molar-refractivity contribution in [2.75, 3.05) is 5.43 Å². The van der Waals surface area contributed by atoms with Crippen molar-refractivity contribution >= 4 is 28.4 Å². The Labute approximate surface area is 127 Å². The van der Waals surface area contributed by atoms with Crippen molar-refractivity contribution in [2.24, 2.45) is 0 Å². The van der Waals surface area contributed by atoms with Crippen LogP contribution in [0.5, 0.6) is 0 Å². The minimum Gasteiger partial charge on any atom is -0.266 e. The van der Waals surface area contributed by atoms with Crippen LogP contribution in [0.4, 0.5) is 0 Å². The van der Waals surface area contributed by atoms with Crippen LogP contribution in [0.25, 0.3) is 10.9 Å². The highest BCUT2D eigenvalue weighted by Gasteiger charge is 2.12. The van der Waals surface area contributed by atoms with Crippen LogP contribution in [0, 0.1) is 13.8 Å². The first-order valence-electron chi connectivity index (χ1n) is 6.58. The zero-order chi connectivity index (χ0) is 15.0. The summed E-state index contributed by atoms with van der Waals surface area (Å²) in [6.07, 6.45) is 0. The van der Waals surface area contributed by atoms with E-state index < -0.39 is 0 Å². The molecule has 0 radical (unpaired) electrons. The highest BCUT2D eigenvalue weighted by molar-refractivity contribution is 6.35. The molecule has 1 aromatic carbocycles. The van der Waals surface area contributed by atoms with Crippen molar-refractivity contribution in [3.8, 4) is 0 Å². The van der Waals surface area contributed by atoms with E-state index in [9.17, 15) is 4.79 Å². The molecule has 4 nitrogen and oxygen atoms in total. The Balaban J connectivity index is 1.99. The fourth-order valence-electron chi connectivity index (χ4n) is 2.25. The second-order valence-corrected chi connectivity index (χ2v) is 5.31. The molecule has 0 saturated carbocycles. The maximum absolute atomic E-state index is 12.4. The van der Waals surface area contributed by atoms with Crippen LogP contribution in [-0.2, 0) is 0 Å². The van der Waals surface area contributed by atoms with E-state index in [2.05, 4.69) is 10.4 Å². The molecule has 2 heterocycles. The van der Waals surface area contributed by atoms with Gasteiger partial charge in [-0.05, 0) is 38.1 Å². The highest BCUT2D eigenvalue weighted by atomic mass is 35.5. The van der Waals surface area contributed by atoms with E-state index in [1.54, 1.807) is 10.7 Å². The van der Waals surface area contributed by atoms with Crippen molar-refractivity contribution < 1.29 is 4.79 Å². The van der Waals surface area contributed by atoms with E-state index >= 15 is 0 Å². The monoisotopic (exact) mass is 299 g/mol. The number of carbonyl (C=O) groups excluding carboxylic acids is 1. The SMILES string of the molecule is Cc1ccc(C)n1NC(=O)c1cc(Cl)c2ccccc2n1. The van der Waals surface area contributed by atoms with Crippen LogP contribution in [0.1, 0.15) is 21.9 Å². The molecule has 0 spiro atoms. The predicted octanol–water partition coefficient (Wildman–Crippen LogP) is 3.69. The molecule has 0 atom stereocenters. The molecule has 1 N–H and O–H groups in total. The maximum Gasteiger partial charge on any atom is 0.288 e. The molecule has 5 heteroatoms. The van der Waals surface area contributed by atoms with Crippen LogP contribution >= 0.6 is 11.6 Å². The number of benzene rings is 1. The van der Waals surface area contributed by atoms with Crippen molar-refractivity contribution in [2.45, 2.75) is 13.8 Å². The fourth-order valence-corrected chi connectivity index (χ4v) is 2.52. The Morgan fingerprint density at radius 1 is 1.14 bits per heavy atom. The molecule has 0 aliphatic carbocycles. The maximum atomic E-state index is 12.4. The second kappa shape index (κ2) is 5.22. The minimum atomic E-state index is -0.287. The molecule has 0 bridgehead atoms. The van der Waals surface area contributed by atoms with Crippen LogP contribution in [0.3, 0.4) is 0 Å². The number of rotatable bonds is 2. The number of amides is 1. The number of para-hydroxylation sites is 1. The Hall–Kier alpha value is -2.33. The molecule has 3 aromatic rings. The average molecular weight is 300 g/mol. The summed E-state index contributed by atoms with van der Waals surface area (Å²) in [5.74, 6) is -0.287. The molecule has 2 aromatic heterocycles. The Kier molecular flexibility index (Phi) is 3.39. The number of nitrogens with zero attached hydrogens (tertiary/aromatic N) is 2. The highest BCUT2D eigenvalue weighted by Crippen LogP contribution is 2.22. The van der Waals surface area contributed by atoms with Gasteiger partial charge in [-0.2, -0.15) is 0 Å². The van der Waals surface area contributed by atoms with Gasteiger partial charge in [-0.25, -0.2) is 4.98 Å². The van der Waals surface area contributed by atoms with Crippen LogP contribution in [0.15, 0.2) is 42.5 Å². The summed E-state index contributed by atoms with van der Waals surface area (Å²) in [6.45, 7) is 3.85. The molecule has 0 saturated heterocycles. The standard InChI is InChI=1S/C16H14ClN3O/c1-10-7-8-11(2)20(10)19-16(21)15-9-13(17)12-5-3-4-6-14(12)18-15/h3-9H,1-2H3,(H,19,21). The van der Waals surface area contributed by atoms with E-state index in [0.29, 0.717) is 16.2 Å². The van der Waals surface area contributed by atoms with Gasteiger partial charge in [-0.1, -0.05) is 29.8 Å². The molecule has 0 aliphatic rings. The first kappa shape index (κ1) is 13.6. The van der Waals surface area contributed by atoms with Crippen LogP contribution in [0.2, 0.25) is 5.02 Å². The predicted molar refractivity (Wildman–Crippen MR) is 84.4 cm³/mol. The van der Waals surface area contributed by atoms with Gasteiger partial charge in [0, 0.05) is 16.8 Å². The number of fused-ring (bicyclic) bond motifs is 1. The summed E-state index contributed by atoms with van der Waals surface area (Å²) in [6, 6.07) is 13.0. The zero-order valence-electron chi connectivity index (χ0n) is 11.7. The molecule has 106 valence electrons. The summed E-state index contributed by atoms with van der Waals surface area (Å²) < 4.78 is 1.73. The first-order valence-corrected chi connectivity index (χ1v) is 6.95. The second-order valence-electron chi connectivity index (χ2n) is 4.90. The quantitative estimate of drug-likeness (QED) is 0.784. The number of nitrogens with one attached hydrogen (secondary N) is 1. The van der Waals surface area contributed by atoms with Gasteiger partial charge >= 0.3 is 0 Å². The summed E-state index contributed by atoms with van der Waals surface area (Å²) in [4.78, 5) is 16.7. The molecule has 21 heavy (non-hydrogen) atoms. The largest absolute Gasteiger partial charge is 0.288 e. The van der Waals surface area contributed by atoms with Crippen molar-refractivity contribution in [3.05, 3.63) is 64.6 Å². The molecule has 0 unspecified atom stereocenters. The minimum absolute atomic E-state index is 0.287. The average Bonchev–Trinajstić information content (AvgIpc) is 2.79. The molecule has 1 amide bonds. The molecular formula is C16H14ClN3O. The van der Waals surface area contributed by atoms with Gasteiger partial charge in [-0.3, -0.25) is 14.9 Å². The molecule has 3 rings (SSSR count). The van der Waals surface area contributed by atoms with Gasteiger partial charge in [0.2, 0.25) is 0 Å². The molecule has 0 fully saturated rings. The van der Waals surface area contributed by atoms with E-state index in [-0.39, 0.29) is 5.91 Å². The van der Waals surface area contributed by atoms with Gasteiger partial charge in [0.15, 0.2) is 0 Å². The van der Waals surface area contributed by atoms with Gasteiger partial charge in [0.05, 0.1) is 10.5 Å². The van der Waals surface area contributed by atoms with Crippen LogP contribution in [-0.4, -0.2) is 15.6 Å².